The monoisotopic (exact) mass is 263 g/mol. The molecule has 1 aliphatic rings. The second-order valence-corrected chi connectivity index (χ2v) is 5.06. The van der Waals surface area contributed by atoms with Crippen LogP contribution in [0.5, 0.6) is 5.75 Å². The third-order valence-corrected chi connectivity index (χ3v) is 3.39. The van der Waals surface area contributed by atoms with Gasteiger partial charge in [0, 0.05) is 31.4 Å². The number of nitrogens with two attached hydrogens (primary N) is 1. The maximum absolute atomic E-state index is 12.1. The van der Waals surface area contributed by atoms with Crippen LogP contribution in [0, 0.1) is 0 Å². The van der Waals surface area contributed by atoms with Crippen molar-refractivity contribution in [3.63, 3.8) is 0 Å². The van der Waals surface area contributed by atoms with Crippen LogP contribution in [0.2, 0.25) is 0 Å². The highest BCUT2D eigenvalue weighted by molar-refractivity contribution is 5.78. The Kier molecular flexibility index (Phi) is 4.27. The summed E-state index contributed by atoms with van der Waals surface area (Å²) in [5.74, 6) is 0.710. The first-order valence-corrected chi connectivity index (χ1v) is 6.52. The van der Waals surface area contributed by atoms with E-state index in [0.29, 0.717) is 11.4 Å². The molecule has 1 unspecified atom stereocenters. The van der Waals surface area contributed by atoms with Crippen molar-refractivity contribution in [1.29, 1.82) is 0 Å². The molecular formula is C14H21N3O2. The maximum Gasteiger partial charge on any atom is 0.260 e. The number of rotatable bonds is 3. The van der Waals surface area contributed by atoms with E-state index >= 15 is 0 Å². The Morgan fingerprint density at radius 1 is 1.37 bits per heavy atom. The Bertz CT molecular complexity index is 433. The van der Waals surface area contributed by atoms with Gasteiger partial charge in [0.05, 0.1) is 0 Å². The number of anilines is 1. The summed E-state index contributed by atoms with van der Waals surface area (Å²) in [6.07, 6.45) is 0. The first kappa shape index (κ1) is 13.7. The van der Waals surface area contributed by atoms with E-state index in [4.69, 9.17) is 10.5 Å². The van der Waals surface area contributed by atoms with Gasteiger partial charge < -0.3 is 20.3 Å². The van der Waals surface area contributed by atoms with E-state index in [2.05, 4.69) is 18.9 Å². The molecule has 5 heteroatoms. The lowest BCUT2D eigenvalue weighted by molar-refractivity contribution is -0.137. The van der Waals surface area contributed by atoms with Crippen LogP contribution in [-0.4, -0.2) is 55.0 Å². The van der Waals surface area contributed by atoms with Crippen LogP contribution in [0.1, 0.15) is 6.92 Å². The van der Waals surface area contributed by atoms with Crippen molar-refractivity contribution in [3.05, 3.63) is 24.3 Å². The summed E-state index contributed by atoms with van der Waals surface area (Å²) in [6.45, 7) is 4.74. The SMILES string of the molecule is CC1CN(C)CCN1C(=O)COc1ccc(N)cc1. The van der Waals surface area contributed by atoms with Crippen molar-refractivity contribution >= 4 is 11.6 Å². The Hall–Kier alpha value is -1.75. The number of ether oxygens (including phenoxy) is 1. The van der Waals surface area contributed by atoms with Gasteiger partial charge >= 0.3 is 0 Å². The van der Waals surface area contributed by atoms with Crippen molar-refractivity contribution in [2.24, 2.45) is 0 Å². The summed E-state index contributed by atoms with van der Waals surface area (Å²) >= 11 is 0. The summed E-state index contributed by atoms with van der Waals surface area (Å²) in [4.78, 5) is 16.2. The van der Waals surface area contributed by atoms with Gasteiger partial charge in [-0.2, -0.15) is 0 Å². The van der Waals surface area contributed by atoms with Gasteiger partial charge in [0.15, 0.2) is 6.61 Å². The molecule has 1 fully saturated rings. The second kappa shape index (κ2) is 5.93. The third-order valence-electron chi connectivity index (χ3n) is 3.39. The van der Waals surface area contributed by atoms with Crippen molar-refractivity contribution in [2.45, 2.75) is 13.0 Å². The Balaban J connectivity index is 1.85. The van der Waals surface area contributed by atoms with Crippen LogP contribution >= 0.6 is 0 Å². The predicted molar refractivity (Wildman–Crippen MR) is 75.0 cm³/mol. The molecule has 5 nitrogen and oxygen atoms in total. The number of likely N-dealkylation sites (N-methyl/N-ethyl adjacent to an activating group) is 1. The molecule has 1 saturated heterocycles. The first-order chi connectivity index (χ1) is 9.06. The average Bonchev–Trinajstić information content (AvgIpc) is 2.37. The van der Waals surface area contributed by atoms with E-state index in [-0.39, 0.29) is 18.6 Å². The molecule has 19 heavy (non-hydrogen) atoms. The van der Waals surface area contributed by atoms with Crippen molar-refractivity contribution in [3.8, 4) is 5.75 Å². The lowest BCUT2D eigenvalue weighted by Crippen LogP contribution is -2.53. The minimum Gasteiger partial charge on any atom is -0.484 e. The first-order valence-electron chi connectivity index (χ1n) is 6.52. The van der Waals surface area contributed by atoms with Crippen molar-refractivity contribution in [1.82, 2.24) is 9.80 Å². The highest BCUT2D eigenvalue weighted by Gasteiger charge is 2.25. The number of carbonyl (C=O) groups is 1. The molecule has 1 amide bonds. The number of amides is 1. The fourth-order valence-electron chi connectivity index (χ4n) is 2.30. The molecule has 2 rings (SSSR count). The number of hydrogen-bond donors (Lipinski definition) is 1. The molecule has 2 N–H and O–H groups in total. The molecule has 0 aromatic heterocycles. The van der Waals surface area contributed by atoms with Gasteiger partial charge in [-0.25, -0.2) is 0 Å². The highest BCUT2D eigenvalue weighted by Crippen LogP contribution is 2.14. The summed E-state index contributed by atoms with van der Waals surface area (Å²) in [6, 6.07) is 7.31. The van der Waals surface area contributed by atoms with E-state index in [1.54, 1.807) is 24.3 Å². The minimum absolute atomic E-state index is 0.0393. The summed E-state index contributed by atoms with van der Waals surface area (Å²) in [7, 11) is 2.07. The molecule has 0 aliphatic carbocycles. The van der Waals surface area contributed by atoms with Crippen LogP contribution in [-0.2, 0) is 4.79 Å². The van der Waals surface area contributed by atoms with Gasteiger partial charge in [-0.05, 0) is 38.2 Å². The zero-order chi connectivity index (χ0) is 13.8. The smallest absolute Gasteiger partial charge is 0.260 e. The molecule has 1 aliphatic heterocycles. The largest absolute Gasteiger partial charge is 0.484 e. The van der Waals surface area contributed by atoms with E-state index in [0.717, 1.165) is 19.6 Å². The van der Waals surface area contributed by atoms with E-state index in [1.807, 2.05) is 4.90 Å². The quantitative estimate of drug-likeness (QED) is 0.820. The molecule has 1 heterocycles. The molecule has 1 atom stereocenters. The fourth-order valence-corrected chi connectivity index (χ4v) is 2.30. The molecule has 104 valence electrons. The zero-order valence-electron chi connectivity index (χ0n) is 11.5. The van der Waals surface area contributed by atoms with Crippen LogP contribution in [0.25, 0.3) is 0 Å². The van der Waals surface area contributed by atoms with Gasteiger partial charge in [0.25, 0.3) is 5.91 Å². The van der Waals surface area contributed by atoms with Crippen LogP contribution in [0.4, 0.5) is 5.69 Å². The molecule has 0 spiro atoms. The molecule has 0 saturated carbocycles. The molecule has 0 radical (unpaired) electrons. The Morgan fingerprint density at radius 2 is 2.05 bits per heavy atom. The molecule has 0 bridgehead atoms. The van der Waals surface area contributed by atoms with E-state index in [9.17, 15) is 4.79 Å². The van der Waals surface area contributed by atoms with E-state index < -0.39 is 0 Å². The van der Waals surface area contributed by atoms with Crippen molar-refractivity contribution < 1.29 is 9.53 Å². The van der Waals surface area contributed by atoms with Gasteiger partial charge in [0.1, 0.15) is 5.75 Å². The average molecular weight is 263 g/mol. The lowest BCUT2D eigenvalue weighted by atomic mass is 10.2. The number of piperazine rings is 1. The summed E-state index contributed by atoms with van der Waals surface area (Å²) < 4.78 is 5.49. The Labute approximate surface area is 113 Å². The highest BCUT2D eigenvalue weighted by atomic mass is 16.5. The second-order valence-electron chi connectivity index (χ2n) is 5.06. The summed E-state index contributed by atoms with van der Waals surface area (Å²) in [5.41, 5.74) is 6.28. The molecular weight excluding hydrogens is 242 g/mol. The van der Waals surface area contributed by atoms with E-state index in [1.165, 1.54) is 0 Å². The van der Waals surface area contributed by atoms with Gasteiger partial charge in [-0.1, -0.05) is 0 Å². The lowest BCUT2D eigenvalue weighted by Gasteiger charge is -2.38. The van der Waals surface area contributed by atoms with Crippen LogP contribution in [0.3, 0.4) is 0 Å². The summed E-state index contributed by atoms with van der Waals surface area (Å²) in [5, 5.41) is 0. The fraction of sp³-hybridized carbons (Fsp3) is 0.500. The minimum atomic E-state index is 0.0393. The predicted octanol–water partition coefficient (Wildman–Crippen LogP) is 0.810. The maximum atomic E-state index is 12.1. The number of nitrogens with zero attached hydrogens (tertiary/aromatic N) is 2. The molecule has 1 aromatic rings. The topological polar surface area (TPSA) is 58.8 Å². The number of carbonyl (C=O) groups excluding carboxylic acids is 1. The molecule has 1 aromatic carbocycles. The zero-order valence-corrected chi connectivity index (χ0v) is 11.5. The normalized spacial score (nSPS) is 20.3. The Morgan fingerprint density at radius 3 is 2.68 bits per heavy atom. The van der Waals surface area contributed by atoms with Crippen LogP contribution < -0.4 is 10.5 Å². The standard InChI is InChI=1S/C14H21N3O2/c1-11-9-16(2)7-8-17(11)14(18)10-19-13-5-3-12(15)4-6-13/h3-6,11H,7-10,15H2,1-2H3. The van der Waals surface area contributed by atoms with Gasteiger partial charge in [0.2, 0.25) is 0 Å². The van der Waals surface area contributed by atoms with Crippen molar-refractivity contribution in [2.75, 3.05) is 39.0 Å². The number of nitrogen functional groups attached to an aromatic ring is 1. The van der Waals surface area contributed by atoms with Gasteiger partial charge in [-0.3, -0.25) is 4.79 Å². The third kappa shape index (κ3) is 3.61. The van der Waals surface area contributed by atoms with Crippen LogP contribution in [0.15, 0.2) is 24.3 Å². The number of hydrogen-bond acceptors (Lipinski definition) is 4. The number of benzene rings is 1. The van der Waals surface area contributed by atoms with Gasteiger partial charge in [-0.15, -0.1) is 0 Å².